The van der Waals surface area contributed by atoms with Crippen LogP contribution in [0.25, 0.3) is 16.9 Å². The minimum Gasteiger partial charge on any atom is -0.493 e. The smallest absolute Gasteiger partial charge is 0.253 e. The maximum absolute atomic E-state index is 12.1. The molecule has 2 heterocycles. The molecule has 6 heteroatoms. The first-order valence-corrected chi connectivity index (χ1v) is 8.34. The lowest BCUT2D eigenvalue weighted by Gasteiger charge is -2.11. The lowest BCUT2D eigenvalue weighted by Crippen LogP contribution is -2.21. The topological polar surface area (TPSA) is 59.7 Å². The summed E-state index contributed by atoms with van der Waals surface area (Å²) >= 11 is 0. The highest BCUT2D eigenvalue weighted by atomic mass is 16.5. The Kier molecular flexibility index (Phi) is 3.67. The van der Waals surface area contributed by atoms with Crippen molar-refractivity contribution in [1.82, 2.24) is 19.5 Å². The number of hydrogen-bond acceptors (Lipinski definition) is 4. The number of hydrogen-bond donors (Lipinski definition) is 0. The molecule has 0 radical (unpaired) electrons. The minimum atomic E-state index is -0.0109. The van der Waals surface area contributed by atoms with Crippen LogP contribution in [0.3, 0.4) is 0 Å². The lowest BCUT2D eigenvalue weighted by molar-refractivity contribution is 0.0827. The Morgan fingerprint density at radius 1 is 1.16 bits per heavy atom. The van der Waals surface area contributed by atoms with Crippen molar-refractivity contribution in [2.75, 3.05) is 21.2 Å². The first kappa shape index (κ1) is 15.6. The Balaban J connectivity index is 1.79. The zero-order valence-corrected chi connectivity index (χ0v) is 14.6. The molecule has 25 heavy (non-hydrogen) atoms. The van der Waals surface area contributed by atoms with E-state index in [1.807, 2.05) is 40.9 Å². The predicted molar refractivity (Wildman–Crippen MR) is 95.0 cm³/mol. The second kappa shape index (κ2) is 5.88. The molecule has 0 bridgehead atoms. The van der Waals surface area contributed by atoms with Gasteiger partial charge in [-0.05, 0) is 37.1 Å². The van der Waals surface area contributed by atoms with Crippen LogP contribution in [0.2, 0.25) is 0 Å². The third kappa shape index (κ3) is 2.73. The number of carbonyl (C=O) groups is 1. The third-order valence-electron chi connectivity index (χ3n) is 4.46. The van der Waals surface area contributed by atoms with E-state index in [-0.39, 0.29) is 5.91 Å². The van der Waals surface area contributed by atoms with Gasteiger partial charge in [-0.2, -0.15) is 5.10 Å². The zero-order valence-electron chi connectivity index (χ0n) is 14.6. The van der Waals surface area contributed by atoms with Gasteiger partial charge in [0.1, 0.15) is 0 Å². The second-order valence-corrected chi connectivity index (χ2v) is 6.54. The number of pyridine rings is 1. The van der Waals surface area contributed by atoms with E-state index >= 15 is 0 Å². The zero-order chi connectivity index (χ0) is 17.6. The van der Waals surface area contributed by atoms with Crippen LogP contribution < -0.4 is 4.74 Å². The van der Waals surface area contributed by atoms with E-state index in [1.54, 1.807) is 26.1 Å². The van der Waals surface area contributed by atoms with Crippen LogP contribution in [0.4, 0.5) is 0 Å². The van der Waals surface area contributed by atoms with Crippen LogP contribution in [-0.4, -0.2) is 46.6 Å². The Morgan fingerprint density at radius 3 is 2.48 bits per heavy atom. The van der Waals surface area contributed by atoms with Gasteiger partial charge in [0.25, 0.3) is 5.91 Å². The number of fused-ring (bicyclic) bond motifs is 1. The summed E-state index contributed by atoms with van der Waals surface area (Å²) in [4.78, 5) is 18.3. The molecule has 0 unspecified atom stereocenters. The molecule has 0 N–H and O–H groups in total. The number of rotatable bonds is 4. The number of amides is 1. The Morgan fingerprint density at radius 2 is 1.88 bits per heavy atom. The van der Waals surface area contributed by atoms with Crippen molar-refractivity contribution in [3.05, 3.63) is 47.8 Å². The van der Waals surface area contributed by atoms with Gasteiger partial charge in [-0.1, -0.05) is 12.1 Å². The third-order valence-corrected chi connectivity index (χ3v) is 4.46. The van der Waals surface area contributed by atoms with Gasteiger partial charge < -0.3 is 9.64 Å². The summed E-state index contributed by atoms with van der Waals surface area (Å²) in [5.74, 6) is 2.05. The van der Waals surface area contributed by atoms with Gasteiger partial charge >= 0.3 is 0 Å². The van der Waals surface area contributed by atoms with Crippen molar-refractivity contribution in [1.29, 1.82) is 0 Å². The maximum Gasteiger partial charge on any atom is 0.253 e. The normalized spacial score (nSPS) is 13.9. The molecule has 1 saturated carbocycles. The van der Waals surface area contributed by atoms with Gasteiger partial charge in [0, 0.05) is 31.1 Å². The quantitative estimate of drug-likeness (QED) is 0.735. The molecule has 4 rings (SSSR count). The van der Waals surface area contributed by atoms with Gasteiger partial charge in [0.15, 0.2) is 17.2 Å². The molecular weight excluding hydrogens is 316 g/mol. The van der Waals surface area contributed by atoms with Gasteiger partial charge in [-0.25, -0.2) is 9.50 Å². The molecule has 2 aromatic heterocycles. The van der Waals surface area contributed by atoms with Crippen molar-refractivity contribution in [2.24, 2.45) is 0 Å². The molecule has 1 fully saturated rings. The van der Waals surface area contributed by atoms with Crippen molar-refractivity contribution in [2.45, 2.75) is 18.8 Å². The molecule has 1 amide bonds. The molecule has 128 valence electrons. The van der Waals surface area contributed by atoms with Crippen LogP contribution in [0.1, 0.15) is 34.9 Å². The standard InChI is InChI=1S/C19H20N4O2/c1-22(2)19(24)14-8-4-12(5-9-14)15-10-11-16(25-3)18-20-17(13-6-7-13)21-23(15)18/h4-5,8-11,13H,6-7H2,1-3H3. The van der Waals surface area contributed by atoms with Crippen molar-refractivity contribution in [3.8, 4) is 17.0 Å². The Labute approximate surface area is 146 Å². The van der Waals surface area contributed by atoms with E-state index in [2.05, 4.69) is 4.98 Å². The predicted octanol–water partition coefficient (Wildman–Crippen LogP) is 2.98. The van der Waals surface area contributed by atoms with E-state index in [0.717, 1.165) is 35.6 Å². The summed E-state index contributed by atoms with van der Waals surface area (Å²) in [5, 5.41) is 4.70. The monoisotopic (exact) mass is 336 g/mol. The van der Waals surface area contributed by atoms with Crippen LogP contribution in [0, 0.1) is 0 Å². The molecule has 0 spiro atoms. The molecule has 3 aromatic rings. The second-order valence-electron chi connectivity index (χ2n) is 6.54. The number of methoxy groups -OCH3 is 1. The molecule has 0 atom stereocenters. The maximum atomic E-state index is 12.1. The number of ether oxygens (including phenoxy) is 1. The van der Waals surface area contributed by atoms with Gasteiger partial charge in [0.2, 0.25) is 0 Å². The van der Waals surface area contributed by atoms with Crippen LogP contribution in [-0.2, 0) is 0 Å². The summed E-state index contributed by atoms with van der Waals surface area (Å²) in [6.45, 7) is 0. The molecule has 1 aromatic carbocycles. The highest BCUT2D eigenvalue weighted by Gasteiger charge is 2.29. The summed E-state index contributed by atoms with van der Waals surface area (Å²) in [7, 11) is 5.14. The van der Waals surface area contributed by atoms with E-state index in [1.165, 1.54) is 0 Å². The van der Waals surface area contributed by atoms with Crippen molar-refractivity contribution >= 4 is 11.6 Å². The number of nitrogens with zero attached hydrogens (tertiary/aromatic N) is 4. The van der Waals surface area contributed by atoms with E-state index in [9.17, 15) is 4.79 Å². The van der Waals surface area contributed by atoms with Crippen molar-refractivity contribution < 1.29 is 9.53 Å². The lowest BCUT2D eigenvalue weighted by atomic mass is 10.1. The molecule has 0 saturated heterocycles. The first-order chi connectivity index (χ1) is 12.1. The average molecular weight is 336 g/mol. The van der Waals surface area contributed by atoms with E-state index < -0.39 is 0 Å². The van der Waals surface area contributed by atoms with Crippen LogP contribution in [0.15, 0.2) is 36.4 Å². The number of carbonyl (C=O) groups excluding carboxylic acids is 1. The SMILES string of the molecule is COc1ccc(-c2ccc(C(=O)N(C)C)cc2)n2nc(C3CC3)nc12. The molecule has 1 aliphatic carbocycles. The summed E-state index contributed by atoms with van der Waals surface area (Å²) in [6.07, 6.45) is 2.30. The fourth-order valence-corrected chi connectivity index (χ4v) is 2.89. The van der Waals surface area contributed by atoms with Crippen LogP contribution >= 0.6 is 0 Å². The first-order valence-electron chi connectivity index (χ1n) is 8.34. The summed E-state index contributed by atoms with van der Waals surface area (Å²) in [5.41, 5.74) is 3.31. The highest BCUT2D eigenvalue weighted by Crippen LogP contribution is 2.39. The fraction of sp³-hybridized carbons (Fsp3) is 0.316. The summed E-state index contributed by atoms with van der Waals surface area (Å²) in [6, 6.07) is 11.4. The highest BCUT2D eigenvalue weighted by molar-refractivity contribution is 5.94. The van der Waals surface area contributed by atoms with Gasteiger partial charge in [-0.15, -0.1) is 0 Å². The van der Waals surface area contributed by atoms with Gasteiger partial charge in [0.05, 0.1) is 12.8 Å². The molecule has 1 aliphatic rings. The largest absolute Gasteiger partial charge is 0.493 e. The van der Waals surface area contributed by atoms with Crippen LogP contribution in [0.5, 0.6) is 5.75 Å². The van der Waals surface area contributed by atoms with Gasteiger partial charge in [-0.3, -0.25) is 4.79 Å². The minimum absolute atomic E-state index is 0.0109. The fourth-order valence-electron chi connectivity index (χ4n) is 2.89. The molecule has 6 nitrogen and oxygen atoms in total. The Bertz CT molecular complexity index is 940. The number of aromatic nitrogens is 3. The number of benzene rings is 1. The van der Waals surface area contributed by atoms with Crippen molar-refractivity contribution in [3.63, 3.8) is 0 Å². The van der Waals surface area contributed by atoms with E-state index in [0.29, 0.717) is 17.2 Å². The Hall–Kier alpha value is -2.89. The average Bonchev–Trinajstić information content (AvgIpc) is 3.38. The summed E-state index contributed by atoms with van der Waals surface area (Å²) < 4.78 is 7.28. The van der Waals surface area contributed by atoms with E-state index in [4.69, 9.17) is 9.84 Å². The molecular formula is C19H20N4O2. The molecule has 0 aliphatic heterocycles.